The molecule has 3 aromatic heterocycles. The highest BCUT2D eigenvalue weighted by Crippen LogP contribution is 2.29. The second-order valence-corrected chi connectivity index (χ2v) is 7.75. The molecule has 9 nitrogen and oxygen atoms in total. The predicted molar refractivity (Wildman–Crippen MR) is 114 cm³/mol. The maximum absolute atomic E-state index is 11.6. The molecule has 29 heavy (non-hydrogen) atoms. The molecule has 0 unspecified atom stereocenters. The van der Waals surface area contributed by atoms with E-state index in [-0.39, 0.29) is 5.91 Å². The van der Waals surface area contributed by atoms with Gasteiger partial charge in [-0.15, -0.1) is 11.3 Å². The molecule has 1 aliphatic rings. The lowest BCUT2D eigenvalue weighted by Gasteiger charge is -2.38. The minimum absolute atomic E-state index is 0.0125. The van der Waals surface area contributed by atoms with Crippen molar-refractivity contribution >= 4 is 44.9 Å². The number of carbonyl (C=O) groups is 1. The number of rotatable bonds is 9. The molecule has 2 N–H and O–H groups in total. The van der Waals surface area contributed by atoms with Crippen molar-refractivity contribution < 1.29 is 9.53 Å². The fraction of sp³-hybridized carbons (Fsp3) is 0.368. The maximum atomic E-state index is 11.6. The molecule has 3 aromatic rings. The number of ether oxygens (including phenoxy) is 1. The summed E-state index contributed by atoms with van der Waals surface area (Å²) in [7, 11) is 1.67. The van der Waals surface area contributed by atoms with Crippen LogP contribution in [-0.2, 0) is 16.1 Å². The van der Waals surface area contributed by atoms with Crippen LogP contribution in [0.2, 0.25) is 0 Å². The number of carbonyl (C=O) groups excluding carboxylic acids is 1. The Balaban J connectivity index is 1.43. The highest BCUT2D eigenvalue weighted by molar-refractivity contribution is 7.17. The maximum Gasteiger partial charge on any atom is 0.245 e. The van der Waals surface area contributed by atoms with Gasteiger partial charge in [0.1, 0.15) is 5.82 Å². The van der Waals surface area contributed by atoms with E-state index in [1.165, 1.54) is 6.08 Å². The lowest BCUT2D eigenvalue weighted by atomic mass is 10.00. The van der Waals surface area contributed by atoms with E-state index in [0.717, 1.165) is 41.4 Å². The summed E-state index contributed by atoms with van der Waals surface area (Å²) in [5, 5.41) is 13.0. The molecule has 1 saturated heterocycles. The van der Waals surface area contributed by atoms with Crippen LogP contribution in [0.1, 0.15) is 0 Å². The first-order valence-corrected chi connectivity index (χ1v) is 10.2. The summed E-state index contributed by atoms with van der Waals surface area (Å²) in [6, 6.07) is 1.98. The van der Waals surface area contributed by atoms with Crippen molar-refractivity contribution in [1.29, 1.82) is 0 Å². The summed E-state index contributed by atoms with van der Waals surface area (Å²) < 4.78 is 7.90. The van der Waals surface area contributed by atoms with Crippen LogP contribution >= 0.6 is 11.3 Å². The van der Waals surface area contributed by atoms with Gasteiger partial charge in [-0.25, -0.2) is 4.98 Å². The lowest BCUT2D eigenvalue weighted by Crippen LogP contribution is -2.51. The van der Waals surface area contributed by atoms with Gasteiger partial charge in [0.25, 0.3) is 0 Å². The van der Waals surface area contributed by atoms with Crippen molar-refractivity contribution in [2.75, 3.05) is 44.0 Å². The zero-order valence-electron chi connectivity index (χ0n) is 16.2. The van der Waals surface area contributed by atoms with Gasteiger partial charge in [-0.05, 0) is 17.5 Å². The molecule has 152 valence electrons. The molecule has 0 bridgehead atoms. The minimum Gasteiger partial charge on any atom is -0.383 e. The second-order valence-electron chi connectivity index (χ2n) is 6.83. The van der Waals surface area contributed by atoms with Crippen molar-refractivity contribution in [3.8, 4) is 0 Å². The van der Waals surface area contributed by atoms with Crippen molar-refractivity contribution in [3.63, 3.8) is 0 Å². The van der Waals surface area contributed by atoms with Crippen molar-refractivity contribution in [2.24, 2.45) is 5.92 Å². The second kappa shape index (κ2) is 8.58. The Labute approximate surface area is 172 Å². The molecule has 10 heteroatoms. The number of nitrogens with one attached hydrogen (secondary N) is 2. The van der Waals surface area contributed by atoms with E-state index in [1.54, 1.807) is 34.2 Å². The number of aromatic nitrogens is 4. The number of hydrogen-bond donors (Lipinski definition) is 2. The monoisotopic (exact) mass is 413 g/mol. The summed E-state index contributed by atoms with van der Waals surface area (Å²) in [6.45, 7) is 7.04. The van der Waals surface area contributed by atoms with E-state index < -0.39 is 0 Å². The summed E-state index contributed by atoms with van der Waals surface area (Å²) in [5.74, 6) is 1.70. The molecule has 0 spiro atoms. The summed E-state index contributed by atoms with van der Waals surface area (Å²) in [5.41, 5.74) is 1.71. The van der Waals surface area contributed by atoms with E-state index in [2.05, 4.69) is 32.3 Å². The number of nitrogens with zero attached hydrogens (tertiary/aromatic N) is 5. The molecular weight excluding hydrogens is 390 g/mol. The molecule has 1 fully saturated rings. The lowest BCUT2D eigenvalue weighted by molar-refractivity contribution is -0.131. The van der Waals surface area contributed by atoms with E-state index in [0.29, 0.717) is 25.0 Å². The molecule has 0 radical (unpaired) electrons. The van der Waals surface area contributed by atoms with Crippen LogP contribution in [0, 0.1) is 5.92 Å². The molecule has 1 aliphatic heterocycles. The van der Waals surface area contributed by atoms with Gasteiger partial charge in [-0.3, -0.25) is 9.48 Å². The van der Waals surface area contributed by atoms with Gasteiger partial charge in [0.05, 0.1) is 35.3 Å². The highest BCUT2D eigenvalue weighted by atomic mass is 32.1. The predicted octanol–water partition coefficient (Wildman–Crippen LogP) is 2.33. The van der Waals surface area contributed by atoms with Gasteiger partial charge in [0.15, 0.2) is 0 Å². The Morgan fingerprint density at radius 1 is 1.45 bits per heavy atom. The van der Waals surface area contributed by atoms with Crippen molar-refractivity contribution in [2.45, 2.75) is 6.54 Å². The quantitative estimate of drug-likeness (QED) is 0.520. The summed E-state index contributed by atoms with van der Waals surface area (Å²) in [4.78, 5) is 22.6. The third-order valence-corrected chi connectivity index (χ3v) is 5.63. The van der Waals surface area contributed by atoms with Crippen LogP contribution in [0.3, 0.4) is 0 Å². The topological polar surface area (TPSA) is 97.2 Å². The van der Waals surface area contributed by atoms with Gasteiger partial charge >= 0.3 is 0 Å². The van der Waals surface area contributed by atoms with Crippen LogP contribution in [0.15, 0.2) is 36.5 Å². The number of likely N-dealkylation sites (tertiary alicyclic amines) is 1. The zero-order valence-corrected chi connectivity index (χ0v) is 17.0. The zero-order chi connectivity index (χ0) is 20.2. The fourth-order valence-electron chi connectivity index (χ4n) is 3.15. The molecule has 0 aliphatic carbocycles. The molecule has 0 atom stereocenters. The SMILES string of the molecule is C=CC(=O)N1CC(CNc2nc(Nc3cnn(CCOC)c3)nc3ccsc23)C1. The van der Waals surface area contributed by atoms with Crippen LogP contribution in [0.4, 0.5) is 17.5 Å². The number of anilines is 3. The Kier molecular flexibility index (Phi) is 5.72. The average molecular weight is 414 g/mol. The smallest absolute Gasteiger partial charge is 0.245 e. The molecule has 4 heterocycles. The standard InChI is InChI=1S/C19H23N7O2S/c1-3-16(27)25-10-13(11-25)8-20-18-17-15(4-7-29-17)23-19(24-18)22-14-9-21-26(12-14)5-6-28-2/h3-4,7,9,12-13H,1,5-6,8,10-11H2,2H3,(H2,20,22,23,24). The number of methoxy groups -OCH3 is 1. The minimum atomic E-state index is -0.0125. The number of thiophene rings is 1. The van der Waals surface area contributed by atoms with Crippen LogP contribution in [0.5, 0.6) is 0 Å². The van der Waals surface area contributed by atoms with Gasteiger partial charge in [0.2, 0.25) is 11.9 Å². The fourth-order valence-corrected chi connectivity index (χ4v) is 3.95. The van der Waals surface area contributed by atoms with Crippen LogP contribution in [-0.4, -0.2) is 63.9 Å². The third-order valence-electron chi connectivity index (χ3n) is 4.72. The first kappa shape index (κ1) is 19.3. The van der Waals surface area contributed by atoms with E-state index in [9.17, 15) is 4.79 Å². The molecule has 1 amide bonds. The van der Waals surface area contributed by atoms with Crippen LogP contribution < -0.4 is 10.6 Å². The number of hydrogen-bond acceptors (Lipinski definition) is 8. The first-order chi connectivity index (χ1) is 14.2. The van der Waals surface area contributed by atoms with Gasteiger partial charge in [-0.1, -0.05) is 6.58 Å². The average Bonchev–Trinajstić information content (AvgIpc) is 3.34. The summed E-state index contributed by atoms with van der Waals surface area (Å²) >= 11 is 1.61. The Hall–Kier alpha value is -2.98. The van der Waals surface area contributed by atoms with Gasteiger partial charge in [-0.2, -0.15) is 10.1 Å². The number of fused-ring (bicyclic) bond motifs is 1. The molecule has 4 rings (SSSR count). The van der Waals surface area contributed by atoms with Gasteiger partial charge in [0, 0.05) is 38.9 Å². The largest absolute Gasteiger partial charge is 0.383 e. The molecule has 0 aromatic carbocycles. The Bertz CT molecular complexity index is 1010. The first-order valence-electron chi connectivity index (χ1n) is 9.35. The summed E-state index contributed by atoms with van der Waals surface area (Å²) in [6.07, 6.45) is 5.00. The van der Waals surface area contributed by atoms with E-state index in [4.69, 9.17) is 4.74 Å². The van der Waals surface area contributed by atoms with E-state index >= 15 is 0 Å². The highest BCUT2D eigenvalue weighted by Gasteiger charge is 2.29. The number of amides is 1. The van der Waals surface area contributed by atoms with Crippen molar-refractivity contribution in [3.05, 3.63) is 36.5 Å². The third kappa shape index (κ3) is 4.38. The normalized spacial score (nSPS) is 14.0. The van der Waals surface area contributed by atoms with Crippen molar-refractivity contribution in [1.82, 2.24) is 24.6 Å². The molecular formula is C19H23N7O2S. The Morgan fingerprint density at radius 3 is 3.10 bits per heavy atom. The van der Waals surface area contributed by atoms with Crippen LogP contribution in [0.25, 0.3) is 10.2 Å². The Morgan fingerprint density at radius 2 is 2.31 bits per heavy atom. The van der Waals surface area contributed by atoms with E-state index in [1.807, 2.05) is 17.6 Å². The van der Waals surface area contributed by atoms with Gasteiger partial charge < -0.3 is 20.3 Å². The molecule has 0 saturated carbocycles.